The molecule has 7 nitrogen and oxygen atoms in total. The lowest BCUT2D eigenvalue weighted by atomic mass is 9.85. The summed E-state index contributed by atoms with van der Waals surface area (Å²) >= 11 is 5.95. The molecule has 1 saturated carbocycles. The molecule has 1 aliphatic carbocycles. The van der Waals surface area contributed by atoms with Crippen LogP contribution in [0.15, 0.2) is 23.4 Å². The molecule has 8 heteroatoms. The van der Waals surface area contributed by atoms with Gasteiger partial charge in [0.2, 0.25) is 0 Å². The van der Waals surface area contributed by atoms with Gasteiger partial charge in [0.15, 0.2) is 0 Å². The number of quaternary nitrogens is 1. The van der Waals surface area contributed by atoms with Gasteiger partial charge in [-0.25, -0.2) is 4.98 Å². The van der Waals surface area contributed by atoms with E-state index in [0.29, 0.717) is 17.5 Å². The van der Waals surface area contributed by atoms with Crippen LogP contribution in [0.1, 0.15) is 69.3 Å². The minimum atomic E-state index is -0.691. The van der Waals surface area contributed by atoms with E-state index >= 15 is 0 Å². The number of carbonyl (C=O) groups is 1. The number of imidazole rings is 1. The lowest BCUT2D eigenvalue weighted by Gasteiger charge is -2.30. The molecular weight excluding hydrogens is 426 g/mol. The molecule has 0 amide bonds. The third-order valence-electron chi connectivity index (χ3n) is 6.93. The van der Waals surface area contributed by atoms with Crippen LogP contribution in [0, 0.1) is 11.3 Å². The molecule has 0 bridgehead atoms. The van der Waals surface area contributed by atoms with Gasteiger partial charge < -0.3 is 25.7 Å². The number of nitrogens with zero attached hydrogens (tertiary/aromatic N) is 2. The van der Waals surface area contributed by atoms with E-state index in [9.17, 15) is 9.90 Å². The molecule has 0 radical (unpaired) electrons. The van der Waals surface area contributed by atoms with E-state index in [4.69, 9.17) is 22.0 Å². The maximum atomic E-state index is 11.7. The number of aromatic nitrogens is 2. The summed E-state index contributed by atoms with van der Waals surface area (Å²) in [6.45, 7) is 5.11. The van der Waals surface area contributed by atoms with Crippen molar-refractivity contribution in [2.24, 2.45) is 5.92 Å². The molecule has 172 valence electrons. The number of hydrogen-bond acceptors (Lipinski definition) is 4. The highest BCUT2D eigenvalue weighted by atomic mass is 35.5. The van der Waals surface area contributed by atoms with E-state index in [-0.39, 0.29) is 17.9 Å². The maximum Gasteiger partial charge on any atom is 0.306 e. The van der Waals surface area contributed by atoms with Gasteiger partial charge in [-0.1, -0.05) is 18.0 Å². The van der Waals surface area contributed by atoms with Crippen molar-refractivity contribution in [1.82, 2.24) is 9.55 Å². The normalized spacial score (nSPS) is 24.6. The third kappa shape index (κ3) is 4.55. The number of anilines is 1. The highest BCUT2D eigenvalue weighted by Crippen LogP contribution is 2.40. The lowest BCUT2D eigenvalue weighted by molar-refractivity contribution is -0.590. The Morgan fingerprint density at radius 1 is 1.44 bits per heavy atom. The number of rotatable bonds is 7. The number of benzene rings is 1. The first-order valence-electron chi connectivity index (χ1n) is 11.6. The highest BCUT2D eigenvalue weighted by Gasteiger charge is 2.32. The number of carboxylic acids is 1. The second-order valence-corrected chi connectivity index (χ2v) is 9.74. The van der Waals surface area contributed by atoms with Crippen LogP contribution in [0.5, 0.6) is 0 Å². The standard InChI is InChI=1S/C24H32ClN5O2/c1-14(12-27-13-17(25)11-26)23-29-22-19-7-6-15(2)28-20(19)8-9-21(22)30(23)18-5-3-4-16(10-18)24(31)32/h8-9,11,13-16,18,26-28H,3-7,10,12H2,1-2H3,(H,31,32)/p+1/b17-13+,26-11?. The van der Waals surface area contributed by atoms with Crippen LogP contribution in [0.4, 0.5) is 5.69 Å². The molecule has 1 aliphatic heterocycles. The topological polar surface area (TPSA) is 108 Å². The fraction of sp³-hybridized carbons (Fsp3) is 0.542. The van der Waals surface area contributed by atoms with Gasteiger partial charge in [-0.3, -0.25) is 4.79 Å². The molecule has 0 spiro atoms. The SMILES string of the molecule is CC1CCc2c(ccc3c2nc(C(C)C[NH2+]/C=C(/Cl)C=N)n3C2CCCC(C(=O)O)C2)N1. The number of nitrogens with one attached hydrogen (secondary N) is 2. The number of aliphatic carboxylic acids is 1. The van der Waals surface area contributed by atoms with E-state index < -0.39 is 5.97 Å². The van der Waals surface area contributed by atoms with Crippen molar-refractivity contribution >= 4 is 40.5 Å². The van der Waals surface area contributed by atoms with Gasteiger partial charge in [-0.2, -0.15) is 0 Å². The molecule has 1 fully saturated rings. The van der Waals surface area contributed by atoms with Crippen LogP contribution < -0.4 is 10.6 Å². The quantitative estimate of drug-likeness (QED) is 0.470. The number of carboxylic acid groups (broad SMARTS) is 1. The molecule has 0 saturated heterocycles. The number of allylic oxidation sites excluding steroid dienone is 1. The molecule has 4 rings (SSSR count). The van der Waals surface area contributed by atoms with Crippen molar-refractivity contribution < 1.29 is 15.2 Å². The Labute approximate surface area is 193 Å². The van der Waals surface area contributed by atoms with Gasteiger partial charge in [0.1, 0.15) is 17.1 Å². The van der Waals surface area contributed by atoms with Gasteiger partial charge in [0.05, 0.1) is 29.4 Å². The summed E-state index contributed by atoms with van der Waals surface area (Å²) in [5.74, 6) is 0.170. The summed E-state index contributed by atoms with van der Waals surface area (Å²) in [6.07, 6.45) is 8.26. The van der Waals surface area contributed by atoms with Crippen molar-refractivity contribution in [2.45, 2.75) is 70.4 Å². The number of halogens is 1. The Hall–Kier alpha value is -2.38. The molecular formula is C24H33ClN5O2+. The average Bonchev–Trinajstić information content (AvgIpc) is 3.18. The highest BCUT2D eigenvalue weighted by molar-refractivity contribution is 6.38. The summed E-state index contributed by atoms with van der Waals surface area (Å²) in [7, 11) is 0. The van der Waals surface area contributed by atoms with Crippen molar-refractivity contribution in [3.63, 3.8) is 0 Å². The molecule has 1 aromatic carbocycles. The van der Waals surface area contributed by atoms with Crippen molar-refractivity contribution in [3.05, 3.63) is 34.8 Å². The zero-order valence-corrected chi connectivity index (χ0v) is 19.5. The number of fused-ring (bicyclic) bond motifs is 3. The van der Waals surface area contributed by atoms with Crippen molar-refractivity contribution in [2.75, 3.05) is 11.9 Å². The first-order valence-corrected chi connectivity index (χ1v) is 12.0. The van der Waals surface area contributed by atoms with E-state index in [1.807, 2.05) is 5.32 Å². The summed E-state index contributed by atoms with van der Waals surface area (Å²) in [6, 6.07) is 4.91. The zero-order chi connectivity index (χ0) is 22.8. The molecule has 1 aromatic heterocycles. The molecule has 2 aliphatic rings. The predicted octanol–water partition coefficient (Wildman–Crippen LogP) is 4.00. The number of hydrogen-bond donors (Lipinski definition) is 4. The summed E-state index contributed by atoms with van der Waals surface area (Å²) in [5, 5.41) is 22.9. The van der Waals surface area contributed by atoms with Crippen LogP contribution >= 0.6 is 11.6 Å². The number of aryl methyl sites for hydroxylation is 1. The Balaban J connectivity index is 1.75. The Kier molecular flexibility index (Phi) is 6.86. The van der Waals surface area contributed by atoms with E-state index in [2.05, 4.69) is 35.9 Å². The fourth-order valence-electron chi connectivity index (χ4n) is 5.21. The van der Waals surface area contributed by atoms with Crippen molar-refractivity contribution in [3.8, 4) is 0 Å². The second-order valence-electron chi connectivity index (χ2n) is 9.31. The summed E-state index contributed by atoms with van der Waals surface area (Å²) in [4.78, 5) is 16.9. The minimum Gasteiger partial charge on any atom is -0.481 e. The van der Waals surface area contributed by atoms with Gasteiger partial charge >= 0.3 is 5.97 Å². The van der Waals surface area contributed by atoms with Crippen molar-refractivity contribution in [1.29, 1.82) is 5.41 Å². The monoisotopic (exact) mass is 458 g/mol. The van der Waals surface area contributed by atoms with Crippen LogP contribution in [0.25, 0.3) is 11.0 Å². The average molecular weight is 459 g/mol. The van der Waals surface area contributed by atoms with Crippen LogP contribution in [0.3, 0.4) is 0 Å². The first kappa shape index (κ1) is 22.8. The largest absolute Gasteiger partial charge is 0.481 e. The first-order chi connectivity index (χ1) is 15.4. The maximum absolute atomic E-state index is 11.7. The molecule has 4 unspecified atom stereocenters. The molecule has 32 heavy (non-hydrogen) atoms. The molecule has 2 aromatic rings. The molecule has 2 heterocycles. The smallest absolute Gasteiger partial charge is 0.306 e. The Morgan fingerprint density at radius 2 is 2.25 bits per heavy atom. The molecule has 5 N–H and O–H groups in total. The second kappa shape index (κ2) is 9.63. The van der Waals surface area contributed by atoms with E-state index in [0.717, 1.165) is 61.7 Å². The van der Waals surface area contributed by atoms with Gasteiger partial charge in [0, 0.05) is 29.5 Å². The van der Waals surface area contributed by atoms with Gasteiger partial charge in [-0.05, 0) is 58.1 Å². The van der Waals surface area contributed by atoms with Crippen LogP contribution in [-0.2, 0) is 11.2 Å². The predicted molar refractivity (Wildman–Crippen MR) is 128 cm³/mol. The van der Waals surface area contributed by atoms with Gasteiger partial charge in [-0.15, -0.1) is 0 Å². The van der Waals surface area contributed by atoms with E-state index in [1.165, 1.54) is 11.3 Å². The fourth-order valence-corrected chi connectivity index (χ4v) is 5.30. The van der Waals surface area contributed by atoms with Crippen LogP contribution in [-0.4, -0.2) is 39.4 Å². The third-order valence-corrected chi connectivity index (χ3v) is 7.16. The van der Waals surface area contributed by atoms with E-state index in [1.54, 1.807) is 6.20 Å². The summed E-state index contributed by atoms with van der Waals surface area (Å²) < 4.78 is 2.34. The number of nitrogens with two attached hydrogens (primary N) is 1. The Bertz CT molecular complexity index is 1050. The molecule has 4 atom stereocenters. The zero-order valence-electron chi connectivity index (χ0n) is 18.8. The minimum absolute atomic E-state index is 0.140. The van der Waals surface area contributed by atoms with Crippen LogP contribution in [0.2, 0.25) is 0 Å². The summed E-state index contributed by atoms with van der Waals surface area (Å²) in [5.41, 5.74) is 4.61. The Morgan fingerprint density at radius 3 is 3.00 bits per heavy atom. The lowest BCUT2D eigenvalue weighted by Crippen LogP contribution is -2.79. The van der Waals surface area contributed by atoms with Gasteiger partial charge in [0.25, 0.3) is 0 Å².